The molecule has 2 fully saturated rings. The first kappa shape index (κ1) is 15.6. The molecule has 7 heteroatoms. The molecule has 0 spiro atoms. The minimum atomic E-state index is -0.808. The van der Waals surface area contributed by atoms with Crippen molar-refractivity contribution in [2.45, 2.75) is 51.1 Å². The lowest BCUT2D eigenvalue weighted by Gasteiger charge is -2.25. The van der Waals surface area contributed by atoms with Crippen LogP contribution >= 0.6 is 0 Å². The number of urea groups is 1. The summed E-state index contributed by atoms with van der Waals surface area (Å²) in [5.74, 6) is -1.55. The maximum absolute atomic E-state index is 12.3. The topological polar surface area (TPSA) is 95.9 Å². The fourth-order valence-corrected chi connectivity index (χ4v) is 3.09. The summed E-state index contributed by atoms with van der Waals surface area (Å²) in [6, 6.07) is -0.926. The van der Waals surface area contributed by atoms with Crippen molar-refractivity contribution in [3.63, 3.8) is 0 Å². The second-order valence-electron chi connectivity index (χ2n) is 5.60. The molecule has 0 aromatic carbocycles. The first-order valence-corrected chi connectivity index (χ1v) is 7.49. The second-order valence-corrected chi connectivity index (χ2v) is 5.60. The first-order chi connectivity index (χ1) is 10.0. The molecule has 1 aliphatic heterocycles. The lowest BCUT2D eigenvalue weighted by molar-refractivity contribution is -0.147. The molecular formula is C14H22N2O5. The number of carboxylic acids is 1. The maximum Gasteiger partial charge on any atom is 0.328 e. The molecule has 2 rings (SSSR count). The van der Waals surface area contributed by atoms with Gasteiger partial charge in [-0.3, -0.25) is 4.79 Å². The van der Waals surface area contributed by atoms with Gasteiger partial charge in [0.2, 0.25) is 0 Å². The second kappa shape index (κ2) is 6.78. The van der Waals surface area contributed by atoms with Crippen molar-refractivity contribution in [2.75, 3.05) is 13.2 Å². The van der Waals surface area contributed by atoms with Gasteiger partial charge in [-0.1, -0.05) is 0 Å². The third-order valence-electron chi connectivity index (χ3n) is 4.18. The van der Waals surface area contributed by atoms with E-state index in [4.69, 9.17) is 9.84 Å². The molecule has 7 nitrogen and oxygen atoms in total. The van der Waals surface area contributed by atoms with Crippen molar-refractivity contribution >= 4 is 18.0 Å². The van der Waals surface area contributed by atoms with E-state index in [1.807, 2.05) is 0 Å². The fraction of sp³-hybridized carbons (Fsp3) is 0.786. The largest absolute Gasteiger partial charge is 0.481 e. The number of aliphatic carboxylic acids is 1. The Morgan fingerprint density at radius 2 is 2.05 bits per heavy atom. The Bertz CT molecular complexity index is 426. The number of hydrogen-bond acceptors (Lipinski definition) is 4. The van der Waals surface area contributed by atoms with Crippen molar-refractivity contribution in [3.8, 4) is 0 Å². The average Bonchev–Trinajstić information content (AvgIpc) is 3.07. The molecule has 1 saturated heterocycles. The molecule has 1 unspecified atom stereocenters. The molecule has 1 aliphatic carbocycles. The van der Waals surface area contributed by atoms with Crippen LogP contribution in [0.15, 0.2) is 0 Å². The number of carbonyl (C=O) groups excluding carboxylic acids is 2. The lowest BCUT2D eigenvalue weighted by Crippen LogP contribution is -2.49. The highest BCUT2D eigenvalue weighted by Crippen LogP contribution is 2.26. The molecular weight excluding hydrogens is 276 g/mol. The molecule has 3 atom stereocenters. The highest BCUT2D eigenvalue weighted by molar-refractivity contribution is 5.84. The van der Waals surface area contributed by atoms with Crippen LogP contribution in [0.4, 0.5) is 4.79 Å². The molecule has 1 saturated carbocycles. The van der Waals surface area contributed by atoms with Gasteiger partial charge in [-0.15, -0.1) is 0 Å². The third kappa shape index (κ3) is 3.65. The number of likely N-dealkylation sites (tertiary alicyclic amines) is 1. The van der Waals surface area contributed by atoms with Gasteiger partial charge in [0.15, 0.2) is 0 Å². The molecule has 0 radical (unpaired) electrons. The van der Waals surface area contributed by atoms with Crippen LogP contribution < -0.4 is 5.32 Å². The normalized spacial score (nSPS) is 28.4. The molecule has 21 heavy (non-hydrogen) atoms. The standard InChI is InChI=1S/C14H22N2O5/c1-2-21-13(19)11-4-3-7-16(11)14(20)15-10-6-5-9(8-10)12(17)18/h9-11H,2-8H2,1H3,(H,15,20)(H,17,18)/t9-,10+,11?/m1/s1. The molecule has 0 aromatic rings. The van der Waals surface area contributed by atoms with Gasteiger partial charge >= 0.3 is 18.0 Å². The van der Waals surface area contributed by atoms with Crippen molar-refractivity contribution in [1.29, 1.82) is 0 Å². The molecule has 0 aromatic heterocycles. The highest BCUT2D eigenvalue weighted by atomic mass is 16.5. The monoisotopic (exact) mass is 298 g/mol. The maximum atomic E-state index is 12.3. The van der Waals surface area contributed by atoms with Crippen molar-refractivity contribution in [1.82, 2.24) is 10.2 Å². The van der Waals surface area contributed by atoms with E-state index in [0.717, 1.165) is 6.42 Å². The minimum Gasteiger partial charge on any atom is -0.481 e. The fourth-order valence-electron chi connectivity index (χ4n) is 3.09. The van der Waals surface area contributed by atoms with E-state index in [1.165, 1.54) is 4.90 Å². The zero-order valence-electron chi connectivity index (χ0n) is 12.2. The predicted molar refractivity (Wildman–Crippen MR) is 73.7 cm³/mol. The van der Waals surface area contributed by atoms with E-state index < -0.39 is 12.0 Å². The predicted octanol–water partition coefficient (Wildman–Crippen LogP) is 0.977. The molecule has 0 bridgehead atoms. The van der Waals surface area contributed by atoms with Gasteiger partial charge in [0.05, 0.1) is 12.5 Å². The summed E-state index contributed by atoms with van der Waals surface area (Å²) in [5.41, 5.74) is 0. The summed E-state index contributed by atoms with van der Waals surface area (Å²) >= 11 is 0. The van der Waals surface area contributed by atoms with Crippen LogP contribution in [0.25, 0.3) is 0 Å². The van der Waals surface area contributed by atoms with Gasteiger partial charge in [-0.2, -0.15) is 0 Å². The Hall–Kier alpha value is -1.79. The van der Waals surface area contributed by atoms with Gasteiger partial charge in [0.1, 0.15) is 6.04 Å². The van der Waals surface area contributed by atoms with E-state index in [9.17, 15) is 14.4 Å². The Labute approximate surface area is 123 Å². The quantitative estimate of drug-likeness (QED) is 0.754. The zero-order valence-corrected chi connectivity index (χ0v) is 12.2. The SMILES string of the molecule is CCOC(=O)C1CCCN1C(=O)N[C@H]1CC[C@@H](C(=O)O)C1. The van der Waals surface area contributed by atoms with E-state index in [-0.39, 0.29) is 24.0 Å². The van der Waals surface area contributed by atoms with Crippen LogP contribution in [0.3, 0.4) is 0 Å². The van der Waals surface area contributed by atoms with Crippen molar-refractivity contribution in [3.05, 3.63) is 0 Å². The van der Waals surface area contributed by atoms with Crippen LogP contribution in [0, 0.1) is 5.92 Å². The smallest absolute Gasteiger partial charge is 0.328 e. The number of nitrogens with one attached hydrogen (secondary N) is 1. The van der Waals surface area contributed by atoms with Crippen LogP contribution in [0.2, 0.25) is 0 Å². The Morgan fingerprint density at radius 1 is 1.29 bits per heavy atom. The molecule has 118 valence electrons. The number of nitrogens with zero attached hydrogens (tertiary/aromatic N) is 1. The van der Waals surface area contributed by atoms with Crippen LogP contribution in [0.5, 0.6) is 0 Å². The summed E-state index contributed by atoms with van der Waals surface area (Å²) in [5, 5.41) is 11.8. The number of hydrogen-bond donors (Lipinski definition) is 2. The minimum absolute atomic E-state index is 0.123. The summed E-state index contributed by atoms with van der Waals surface area (Å²) in [4.78, 5) is 36.5. The lowest BCUT2D eigenvalue weighted by atomic mass is 10.1. The number of carboxylic acid groups (broad SMARTS) is 1. The number of carbonyl (C=O) groups is 3. The van der Waals surface area contributed by atoms with Gasteiger partial charge in [-0.25, -0.2) is 9.59 Å². The van der Waals surface area contributed by atoms with Crippen LogP contribution in [0.1, 0.15) is 39.0 Å². The number of ether oxygens (including phenoxy) is 1. The van der Waals surface area contributed by atoms with Crippen molar-refractivity contribution < 1.29 is 24.2 Å². The molecule has 2 N–H and O–H groups in total. The zero-order chi connectivity index (χ0) is 15.4. The Morgan fingerprint density at radius 3 is 2.67 bits per heavy atom. The summed E-state index contributed by atoms with van der Waals surface area (Å²) in [7, 11) is 0. The summed E-state index contributed by atoms with van der Waals surface area (Å²) in [6.07, 6.45) is 3.11. The Kier molecular flexibility index (Phi) is 5.03. The van der Waals surface area contributed by atoms with Gasteiger partial charge < -0.3 is 20.1 Å². The van der Waals surface area contributed by atoms with E-state index in [2.05, 4.69) is 5.32 Å². The van der Waals surface area contributed by atoms with Crippen LogP contribution in [-0.2, 0) is 14.3 Å². The van der Waals surface area contributed by atoms with Gasteiger partial charge in [-0.05, 0) is 39.0 Å². The number of amides is 2. The van der Waals surface area contributed by atoms with E-state index in [1.54, 1.807) is 6.92 Å². The number of rotatable bonds is 4. The van der Waals surface area contributed by atoms with Gasteiger partial charge in [0.25, 0.3) is 0 Å². The molecule has 2 amide bonds. The molecule has 1 heterocycles. The third-order valence-corrected chi connectivity index (χ3v) is 4.18. The average molecular weight is 298 g/mol. The van der Waals surface area contributed by atoms with Crippen molar-refractivity contribution in [2.24, 2.45) is 5.92 Å². The van der Waals surface area contributed by atoms with Crippen LogP contribution in [-0.4, -0.2) is 53.2 Å². The van der Waals surface area contributed by atoms with E-state index >= 15 is 0 Å². The first-order valence-electron chi connectivity index (χ1n) is 7.49. The summed E-state index contributed by atoms with van der Waals surface area (Å²) < 4.78 is 4.99. The molecule has 2 aliphatic rings. The highest BCUT2D eigenvalue weighted by Gasteiger charge is 2.37. The Balaban J connectivity index is 1.88. The van der Waals surface area contributed by atoms with E-state index in [0.29, 0.717) is 38.8 Å². The van der Waals surface area contributed by atoms with Gasteiger partial charge in [0, 0.05) is 12.6 Å². The summed E-state index contributed by atoms with van der Waals surface area (Å²) in [6.45, 7) is 2.57. The number of esters is 1.